The lowest BCUT2D eigenvalue weighted by atomic mass is 9.87. The van der Waals surface area contributed by atoms with Crippen LogP contribution in [0.15, 0.2) is 89.9 Å². The van der Waals surface area contributed by atoms with Crippen LogP contribution in [-0.4, -0.2) is 51.3 Å². The van der Waals surface area contributed by atoms with Gasteiger partial charge in [-0.1, -0.05) is 87.8 Å². The molecule has 5 rings (SSSR count). The highest BCUT2D eigenvalue weighted by Crippen LogP contribution is 2.40. The second-order valence-electron chi connectivity index (χ2n) is 14.0. The van der Waals surface area contributed by atoms with E-state index in [2.05, 4.69) is 72.9 Å². The van der Waals surface area contributed by atoms with Gasteiger partial charge in [0.2, 0.25) is 5.91 Å². The number of nitrogens with one attached hydrogen (secondary N) is 2. The van der Waals surface area contributed by atoms with E-state index in [1.54, 1.807) is 41.1 Å². The lowest BCUT2D eigenvalue weighted by molar-refractivity contribution is -0.114. The SMILES string of the molecule is CCCC(C)c1cn(C2(C)C=C/C(=C(\c3ccc(NC(=O)CN=O)cc3)c3ccc(NCc4ccc(C(C)(C)C)cc4)n3B(F)F)N2C)nn1. The summed E-state index contributed by atoms with van der Waals surface area (Å²) in [7, 11) is -0.945. The van der Waals surface area contributed by atoms with E-state index >= 15 is 8.63 Å². The number of likely N-dealkylation sites (N-methyl/N-ethyl adjacent to an activating group) is 1. The highest BCUT2D eigenvalue weighted by atomic mass is 19.2. The molecule has 3 heterocycles. The first-order valence-electron chi connectivity index (χ1n) is 16.9. The van der Waals surface area contributed by atoms with Gasteiger partial charge in [0, 0.05) is 42.2 Å². The molecule has 2 aromatic heterocycles. The molecular formula is C37H45BF2N8O2. The number of aromatic nitrogens is 4. The minimum atomic E-state index is -2.85. The van der Waals surface area contributed by atoms with Gasteiger partial charge in [0.1, 0.15) is 0 Å². The fourth-order valence-corrected chi connectivity index (χ4v) is 6.22. The first kappa shape index (κ1) is 36.2. The van der Waals surface area contributed by atoms with E-state index < -0.39 is 25.5 Å². The Morgan fingerprint density at radius 2 is 1.76 bits per heavy atom. The number of amides is 1. The topological polar surface area (TPSA) is 109 Å². The molecule has 2 atom stereocenters. The molecule has 0 aliphatic carbocycles. The number of carbonyl (C=O) groups excluding carboxylic acids is 1. The number of rotatable bonds is 13. The van der Waals surface area contributed by atoms with Crippen LogP contribution >= 0.6 is 0 Å². The third kappa shape index (κ3) is 7.56. The van der Waals surface area contributed by atoms with E-state index in [1.807, 2.05) is 49.4 Å². The maximum absolute atomic E-state index is 15.1. The minimum Gasteiger partial charge on any atom is -0.368 e. The molecule has 1 aliphatic rings. The summed E-state index contributed by atoms with van der Waals surface area (Å²) in [5.41, 5.74) is 4.95. The van der Waals surface area contributed by atoms with Gasteiger partial charge in [-0.15, -0.1) is 5.10 Å². The monoisotopic (exact) mass is 682 g/mol. The van der Waals surface area contributed by atoms with Crippen molar-refractivity contribution in [3.63, 3.8) is 0 Å². The van der Waals surface area contributed by atoms with E-state index in [0.29, 0.717) is 34.8 Å². The highest BCUT2D eigenvalue weighted by molar-refractivity contribution is 6.42. The van der Waals surface area contributed by atoms with Crippen LogP contribution < -0.4 is 10.6 Å². The van der Waals surface area contributed by atoms with Crippen LogP contribution in [-0.2, 0) is 22.4 Å². The number of nitrogens with zero attached hydrogens (tertiary/aromatic N) is 6. The first-order valence-corrected chi connectivity index (χ1v) is 16.9. The molecule has 0 bridgehead atoms. The molecule has 0 saturated heterocycles. The average molecular weight is 683 g/mol. The zero-order chi connectivity index (χ0) is 36.2. The van der Waals surface area contributed by atoms with Crippen LogP contribution in [0.3, 0.4) is 0 Å². The Morgan fingerprint density at radius 3 is 2.38 bits per heavy atom. The minimum absolute atomic E-state index is 0.00721. The summed E-state index contributed by atoms with van der Waals surface area (Å²) in [6.07, 6.45) is 7.88. The maximum Gasteiger partial charge on any atom is 0.679 e. The van der Waals surface area contributed by atoms with Crippen molar-refractivity contribution in [2.24, 2.45) is 5.18 Å². The van der Waals surface area contributed by atoms with Gasteiger partial charge < -0.3 is 20.0 Å². The Kier molecular flexibility index (Phi) is 10.7. The largest absolute Gasteiger partial charge is 0.679 e. The predicted molar refractivity (Wildman–Crippen MR) is 196 cm³/mol. The Bertz CT molecular complexity index is 1880. The van der Waals surface area contributed by atoms with E-state index in [1.165, 1.54) is 5.56 Å². The second kappa shape index (κ2) is 14.8. The second-order valence-corrected chi connectivity index (χ2v) is 14.0. The van der Waals surface area contributed by atoms with Crippen molar-refractivity contribution in [1.29, 1.82) is 0 Å². The lowest BCUT2D eigenvalue weighted by Gasteiger charge is -2.35. The van der Waals surface area contributed by atoms with Gasteiger partial charge in [0.25, 0.3) is 0 Å². The molecule has 2 unspecified atom stereocenters. The van der Waals surface area contributed by atoms with Crippen molar-refractivity contribution in [3.05, 3.63) is 118 Å². The summed E-state index contributed by atoms with van der Waals surface area (Å²) in [5, 5.41) is 17.4. The van der Waals surface area contributed by atoms with Gasteiger partial charge in [-0.25, -0.2) is 4.68 Å². The summed E-state index contributed by atoms with van der Waals surface area (Å²) >= 11 is 0. The third-order valence-corrected chi connectivity index (χ3v) is 9.38. The quantitative estimate of drug-likeness (QED) is 0.109. The number of hydrogen-bond donors (Lipinski definition) is 2. The van der Waals surface area contributed by atoms with Gasteiger partial charge in [0.05, 0.1) is 17.7 Å². The van der Waals surface area contributed by atoms with E-state index in [-0.39, 0.29) is 17.2 Å². The van der Waals surface area contributed by atoms with Crippen molar-refractivity contribution in [3.8, 4) is 0 Å². The van der Waals surface area contributed by atoms with E-state index in [9.17, 15) is 9.70 Å². The summed E-state index contributed by atoms with van der Waals surface area (Å²) < 4.78 is 33.0. The molecule has 0 fully saturated rings. The van der Waals surface area contributed by atoms with Crippen LogP contribution in [0.25, 0.3) is 5.57 Å². The number of benzene rings is 2. The summed E-state index contributed by atoms with van der Waals surface area (Å²) in [5.74, 6) is -0.0237. The van der Waals surface area contributed by atoms with Crippen molar-refractivity contribution in [1.82, 2.24) is 24.4 Å². The number of carbonyl (C=O) groups is 1. The first-order chi connectivity index (χ1) is 23.8. The molecule has 1 amide bonds. The molecule has 2 aromatic carbocycles. The van der Waals surface area contributed by atoms with E-state index in [4.69, 9.17) is 0 Å². The Balaban J connectivity index is 1.55. The summed E-state index contributed by atoms with van der Waals surface area (Å²) in [6, 6.07) is 18.4. The van der Waals surface area contributed by atoms with Crippen LogP contribution in [0.1, 0.15) is 88.4 Å². The summed E-state index contributed by atoms with van der Waals surface area (Å²) in [6.45, 7) is 12.6. The molecule has 10 nitrogen and oxygen atoms in total. The van der Waals surface area contributed by atoms with Crippen molar-refractivity contribution >= 4 is 30.4 Å². The van der Waals surface area contributed by atoms with Gasteiger partial charge >= 0.3 is 7.40 Å². The predicted octanol–water partition coefficient (Wildman–Crippen LogP) is 8.00. The van der Waals surface area contributed by atoms with Gasteiger partial charge in [-0.3, -0.25) is 13.4 Å². The molecule has 0 spiro atoms. The van der Waals surface area contributed by atoms with Crippen LogP contribution in [0.5, 0.6) is 0 Å². The molecule has 4 aromatic rings. The smallest absolute Gasteiger partial charge is 0.368 e. The Hall–Kier alpha value is -5.07. The van der Waals surface area contributed by atoms with Crippen molar-refractivity contribution in [2.75, 3.05) is 24.2 Å². The summed E-state index contributed by atoms with van der Waals surface area (Å²) in [4.78, 5) is 24.6. The number of hydrogen-bond acceptors (Lipinski definition) is 7. The normalized spacial score (nSPS) is 17.5. The fraction of sp³-hybridized carbons (Fsp3) is 0.378. The van der Waals surface area contributed by atoms with Crippen LogP contribution in [0.4, 0.5) is 20.1 Å². The molecular weight excluding hydrogens is 637 g/mol. The fourth-order valence-electron chi connectivity index (χ4n) is 6.22. The zero-order valence-electron chi connectivity index (χ0n) is 29.7. The molecule has 2 N–H and O–H groups in total. The number of nitroso groups, excluding NO2 is 1. The number of allylic oxidation sites excluding steroid dienone is 1. The van der Waals surface area contributed by atoms with Gasteiger partial charge in [-0.05, 0) is 71.9 Å². The molecule has 13 heteroatoms. The lowest BCUT2D eigenvalue weighted by Crippen LogP contribution is -2.41. The molecule has 1 aliphatic heterocycles. The Labute approximate surface area is 292 Å². The maximum atomic E-state index is 15.1. The van der Waals surface area contributed by atoms with E-state index in [0.717, 1.165) is 28.6 Å². The highest BCUT2D eigenvalue weighted by Gasteiger charge is 2.38. The van der Waals surface area contributed by atoms with Crippen LogP contribution in [0.2, 0.25) is 0 Å². The standard InChI is InChI=1S/C37H45BF2N8O2/c1-8-9-25(2)30-24-47(45-44-30)37(6)21-20-31(46(37)7)35(27-12-16-29(17-13-27)43-34(49)23-42-50)32-18-19-33(48(32)38(39)40)41-22-26-10-14-28(15-11-26)36(3,4)5/h10-21,24-25,41H,8-9,22-23H2,1-7H3,(H,43,49)/b35-31-. The van der Waals surface area contributed by atoms with Gasteiger partial charge in [0.15, 0.2) is 12.2 Å². The average Bonchev–Trinajstić information content (AvgIpc) is 3.81. The third-order valence-electron chi connectivity index (χ3n) is 9.38. The van der Waals surface area contributed by atoms with Crippen LogP contribution in [0, 0.1) is 4.91 Å². The zero-order valence-corrected chi connectivity index (χ0v) is 29.7. The molecule has 0 saturated carbocycles. The molecule has 262 valence electrons. The molecule has 50 heavy (non-hydrogen) atoms. The van der Waals surface area contributed by atoms with Crippen molar-refractivity contribution in [2.45, 2.75) is 77.9 Å². The number of anilines is 2. The van der Waals surface area contributed by atoms with Gasteiger partial charge in [-0.2, -0.15) is 4.91 Å². The Morgan fingerprint density at radius 1 is 1.06 bits per heavy atom. The molecule has 0 radical (unpaired) electrons. The number of halogens is 2. The van der Waals surface area contributed by atoms with Crippen molar-refractivity contribution < 1.29 is 13.4 Å².